The van der Waals surface area contributed by atoms with Gasteiger partial charge in [0, 0.05) is 19.5 Å². The van der Waals surface area contributed by atoms with E-state index in [9.17, 15) is 44.2 Å². The number of hydrogen-bond donors (Lipinski definition) is 7. The number of rotatable bonds is 10. The van der Waals surface area contributed by atoms with Gasteiger partial charge in [0.05, 0.1) is 12.6 Å². The van der Waals surface area contributed by atoms with E-state index in [4.69, 9.17) is 14.3 Å². The molecular weight excluding hydrogens is 861 g/mol. The summed E-state index contributed by atoms with van der Waals surface area (Å²) in [4.78, 5) is 106. The van der Waals surface area contributed by atoms with Crippen LogP contribution in [-0.4, -0.2) is 150 Å². The Hall–Kier alpha value is -4.77. The van der Waals surface area contributed by atoms with Crippen LogP contribution in [0.3, 0.4) is 0 Å². The molecule has 4 saturated heterocycles. The summed E-state index contributed by atoms with van der Waals surface area (Å²) in [5.41, 5.74) is 3.68. The quantitative estimate of drug-likeness (QED) is 0.126. The lowest BCUT2D eigenvalue weighted by molar-refractivity contribution is -0.326. The van der Waals surface area contributed by atoms with E-state index < -0.39 is 108 Å². The van der Waals surface area contributed by atoms with Crippen LogP contribution in [0, 0.1) is 17.8 Å². The van der Waals surface area contributed by atoms with Crippen molar-refractivity contribution in [3.05, 3.63) is 35.9 Å². The Bertz CT molecular complexity index is 1910. The Kier molecular flexibility index (Phi) is 17.7. The van der Waals surface area contributed by atoms with Crippen LogP contribution >= 0.6 is 0 Å². The van der Waals surface area contributed by atoms with Gasteiger partial charge in [-0.15, -0.1) is 0 Å². The third-order valence-electron chi connectivity index (χ3n) is 13.4. The number of esters is 1. The van der Waals surface area contributed by atoms with Gasteiger partial charge in [0.15, 0.2) is 11.6 Å². The summed E-state index contributed by atoms with van der Waals surface area (Å²) in [7, 11) is 0. The topological polar surface area (TPSA) is 269 Å². The molecule has 0 unspecified atom stereocenters. The Morgan fingerprint density at radius 3 is 2.15 bits per heavy atom. The predicted molar refractivity (Wildman–Crippen MR) is 234 cm³/mol. The van der Waals surface area contributed by atoms with E-state index in [2.05, 4.69) is 35.3 Å². The van der Waals surface area contributed by atoms with Crippen molar-refractivity contribution in [1.82, 2.24) is 41.6 Å². The van der Waals surface area contributed by atoms with Crippen molar-refractivity contribution >= 4 is 41.4 Å². The highest BCUT2D eigenvalue weighted by Gasteiger charge is 2.57. The average Bonchev–Trinajstić information content (AvgIpc) is 3.31. The van der Waals surface area contributed by atoms with Crippen LogP contribution in [0.1, 0.15) is 112 Å². The smallest absolute Gasteiger partial charge is 0.331 e. The number of carbonyl (C=O) groups excluding carboxylic acids is 7. The second-order valence-corrected chi connectivity index (χ2v) is 18.6. The highest BCUT2D eigenvalue weighted by Crippen LogP contribution is 2.41. The Morgan fingerprint density at radius 2 is 1.55 bits per heavy atom. The zero-order valence-electron chi connectivity index (χ0n) is 39.4. The van der Waals surface area contributed by atoms with Gasteiger partial charge in [0.1, 0.15) is 36.9 Å². The first kappa shape index (κ1) is 52.2. The molecule has 1 aromatic rings. The lowest BCUT2D eigenvalue weighted by Gasteiger charge is -2.47. The number of aliphatic hydroxyl groups is 2. The van der Waals surface area contributed by atoms with Crippen molar-refractivity contribution < 1.29 is 63.3 Å². The van der Waals surface area contributed by atoms with Crippen LogP contribution in [-0.2, 0) is 54.5 Å². The number of ether oxygens (including phenoxy) is 2. The number of hydrogen-bond acceptors (Lipinski definition) is 15. The highest BCUT2D eigenvalue weighted by molar-refractivity contribution is 5.97. The second kappa shape index (κ2) is 22.4. The number of hydrazine groups is 2. The molecule has 1 aromatic carbocycles. The Balaban J connectivity index is 1.57. The molecule has 4 aliphatic rings. The standard InChI is InChI=1S/C45H70N8O13/c1-9-27(4)23-32-19-20-45(62,66-30(32)7)44(8,61)43(60)49-36-37(26(2)3)65-42(59)29(6)52(63)39(56)33-17-13-21-47-50(33)35(54)24-46-38(55)28(5)53(64-25-31-15-11-10-12-16-31)40(57)34-18-14-22-48-51(34)41(36)58/h10-12,15-16,26-30,32-34,36-37,47-48,61-63H,9,13-14,17-25H2,1-8H3,(H,46,55)(H,49,60)/t27-,28-,29+,30+,32+,33-,34+,36-,37-,44+,45+/m0/s1. The molecule has 368 valence electrons. The summed E-state index contributed by atoms with van der Waals surface area (Å²) < 4.78 is 12.0. The molecule has 6 amide bonds. The molecule has 21 heteroatoms. The molecule has 4 aliphatic heterocycles. The maximum Gasteiger partial charge on any atom is 0.331 e. The molecule has 66 heavy (non-hydrogen) atoms. The van der Waals surface area contributed by atoms with Crippen LogP contribution in [0.4, 0.5) is 0 Å². The van der Waals surface area contributed by atoms with Gasteiger partial charge >= 0.3 is 5.97 Å². The van der Waals surface area contributed by atoms with Gasteiger partial charge in [-0.05, 0) is 89.5 Å². The lowest BCUT2D eigenvalue weighted by Crippen LogP contribution is -2.70. The monoisotopic (exact) mass is 931 g/mol. The second-order valence-electron chi connectivity index (χ2n) is 18.6. The zero-order valence-corrected chi connectivity index (χ0v) is 39.4. The van der Waals surface area contributed by atoms with E-state index in [0.29, 0.717) is 30.7 Å². The molecule has 0 spiro atoms. The van der Waals surface area contributed by atoms with Crippen molar-refractivity contribution in [2.45, 2.75) is 167 Å². The fourth-order valence-corrected chi connectivity index (χ4v) is 8.75. The Morgan fingerprint density at radius 1 is 0.924 bits per heavy atom. The predicted octanol–water partition coefficient (Wildman–Crippen LogP) is 0.806. The summed E-state index contributed by atoms with van der Waals surface area (Å²) in [6, 6.07) is 1.02. The van der Waals surface area contributed by atoms with Gasteiger partial charge in [-0.1, -0.05) is 64.4 Å². The van der Waals surface area contributed by atoms with Crippen LogP contribution in [0.2, 0.25) is 0 Å². The van der Waals surface area contributed by atoms with Crippen molar-refractivity contribution in [3.8, 4) is 0 Å². The SMILES string of the molecule is CC[C@H](C)C[C@H]1CC[C@](O)([C@](C)(O)C(=O)N[C@@H]2C(=O)N3NCCC[C@@H]3C(=O)N(OCc3ccccc3)[C@@H](C)C(=O)NCC(=O)N3NCCC[C@H]3C(=O)N(O)[C@H](C)C(=O)O[C@H]2C(C)C)O[C@@H]1C. The molecule has 5 rings (SSSR count). The first-order valence-electron chi connectivity index (χ1n) is 23.2. The van der Waals surface area contributed by atoms with Gasteiger partial charge in [0.25, 0.3) is 29.5 Å². The van der Waals surface area contributed by atoms with E-state index in [1.54, 1.807) is 51.1 Å². The minimum atomic E-state index is -2.70. The van der Waals surface area contributed by atoms with Gasteiger partial charge < -0.3 is 30.3 Å². The molecule has 0 bridgehead atoms. The zero-order chi connectivity index (χ0) is 48.7. The van der Waals surface area contributed by atoms with Crippen LogP contribution in [0.5, 0.6) is 0 Å². The van der Waals surface area contributed by atoms with E-state index >= 15 is 4.79 Å². The van der Waals surface area contributed by atoms with E-state index in [0.717, 1.165) is 34.8 Å². The highest BCUT2D eigenvalue weighted by atomic mass is 16.7. The van der Waals surface area contributed by atoms with E-state index in [1.165, 1.54) is 13.8 Å². The van der Waals surface area contributed by atoms with Gasteiger partial charge in [0.2, 0.25) is 11.7 Å². The largest absolute Gasteiger partial charge is 0.458 e. The molecule has 0 aromatic heterocycles. The maximum absolute atomic E-state index is 15.2. The fourth-order valence-electron chi connectivity index (χ4n) is 8.75. The number of cyclic esters (lactones) is 1. The number of benzene rings is 1. The number of carbonyl (C=O) groups is 7. The summed E-state index contributed by atoms with van der Waals surface area (Å²) >= 11 is 0. The summed E-state index contributed by atoms with van der Waals surface area (Å²) in [5.74, 6) is -9.82. The molecular formula is C45H70N8O13. The Labute approximate surface area is 386 Å². The lowest BCUT2D eigenvalue weighted by atomic mass is 9.79. The first-order chi connectivity index (χ1) is 31.1. The molecule has 4 fully saturated rings. The minimum Gasteiger partial charge on any atom is -0.458 e. The molecule has 7 N–H and O–H groups in total. The van der Waals surface area contributed by atoms with Gasteiger partial charge in [-0.2, -0.15) is 0 Å². The number of nitrogens with one attached hydrogen (secondary N) is 4. The summed E-state index contributed by atoms with van der Waals surface area (Å²) in [6.07, 6.45) is 0.700. The molecule has 0 aliphatic carbocycles. The van der Waals surface area contributed by atoms with Gasteiger partial charge in [-0.3, -0.25) is 48.8 Å². The number of hydroxylamine groups is 4. The maximum atomic E-state index is 15.2. The number of fused-ring (bicyclic) bond motifs is 2. The van der Waals surface area contributed by atoms with Crippen molar-refractivity contribution in [2.24, 2.45) is 17.8 Å². The van der Waals surface area contributed by atoms with Crippen LogP contribution < -0.4 is 21.5 Å². The minimum absolute atomic E-state index is 0.0270. The summed E-state index contributed by atoms with van der Waals surface area (Å²) in [5, 5.41) is 43.0. The molecule has 4 heterocycles. The molecule has 0 saturated carbocycles. The average molecular weight is 931 g/mol. The molecule has 21 nitrogen and oxygen atoms in total. The van der Waals surface area contributed by atoms with Crippen LogP contribution in [0.15, 0.2) is 30.3 Å². The number of amides is 6. The van der Waals surface area contributed by atoms with Crippen molar-refractivity contribution in [1.29, 1.82) is 0 Å². The van der Waals surface area contributed by atoms with Crippen molar-refractivity contribution in [3.63, 3.8) is 0 Å². The van der Waals surface area contributed by atoms with Crippen LogP contribution in [0.25, 0.3) is 0 Å². The van der Waals surface area contributed by atoms with Gasteiger partial charge in [-0.25, -0.2) is 25.8 Å². The van der Waals surface area contributed by atoms with E-state index in [1.807, 2.05) is 0 Å². The molecule has 0 radical (unpaired) electrons. The third kappa shape index (κ3) is 11.7. The number of nitrogens with zero attached hydrogens (tertiary/aromatic N) is 4. The molecule has 11 atom stereocenters. The summed E-state index contributed by atoms with van der Waals surface area (Å²) in [6.45, 7) is 12.3. The van der Waals surface area contributed by atoms with E-state index in [-0.39, 0.29) is 49.9 Å². The first-order valence-corrected chi connectivity index (χ1v) is 23.2. The fraction of sp³-hybridized carbons (Fsp3) is 0.711. The third-order valence-corrected chi connectivity index (χ3v) is 13.4. The van der Waals surface area contributed by atoms with Crippen molar-refractivity contribution in [2.75, 3.05) is 19.6 Å². The normalized spacial score (nSPS) is 31.7.